The van der Waals surface area contributed by atoms with Gasteiger partial charge in [-0.05, 0) is 27.7 Å². The Bertz CT molecular complexity index is 316. The van der Waals surface area contributed by atoms with Crippen molar-refractivity contribution in [1.29, 1.82) is 0 Å². The van der Waals surface area contributed by atoms with Crippen LogP contribution in [0.2, 0.25) is 0 Å². The van der Waals surface area contributed by atoms with Gasteiger partial charge in [0.1, 0.15) is 18.1 Å². The molecule has 0 fully saturated rings. The van der Waals surface area contributed by atoms with Gasteiger partial charge in [-0.25, -0.2) is 0 Å². The highest BCUT2D eigenvalue weighted by atomic mass is 35.6. The van der Waals surface area contributed by atoms with Gasteiger partial charge in [0.05, 0.1) is 12.1 Å². The van der Waals surface area contributed by atoms with Crippen molar-refractivity contribution in [2.24, 2.45) is 0 Å². The summed E-state index contributed by atoms with van der Waals surface area (Å²) in [6.07, 6.45) is 3.92. The Labute approximate surface area is 106 Å². The molecule has 0 unspecified atom stereocenters. The molecule has 1 heterocycles. The predicted octanol–water partition coefficient (Wildman–Crippen LogP) is 2.80. The van der Waals surface area contributed by atoms with E-state index in [0.29, 0.717) is 0 Å². The first-order valence-electron chi connectivity index (χ1n) is 5.07. The average Bonchev–Trinajstić information content (AvgIpc) is 2.45. The fourth-order valence-corrected chi connectivity index (χ4v) is 2.32. The highest BCUT2D eigenvalue weighted by molar-refractivity contribution is 7.69. The zero-order valence-corrected chi connectivity index (χ0v) is 11.7. The Balaban J connectivity index is 3.34. The number of imidazole rings is 1. The second kappa shape index (κ2) is 4.56. The van der Waals surface area contributed by atoms with Crippen LogP contribution in [0.1, 0.15) is 39.8 Å². The third-order valence-corrected chi connectivity index (χ3v) is 2.91. The summed E-state index contributed by atoms with van der Waals surface area (Å²) in [6, 6.07) is 0.579. The van der Waals surface area contributed by atoms with Gasteiger partial charge in [-0.15, -0.1) is 0 Å². The Morgan fingerprint density at radius 2 is 1.73 bits per heavy atom. The summed E-state index contributed by atoms with van der Waals surface area (Å²) < 4.78 is 1.97. The van der Waals surface area contributed by atoms with Gasteiger partial charge in [0.2, 0.25) is 0 Å². The van der Waals surface area contributed by atoms with Crippen LogP contribution in [0.25, 0.3) is 0 Å². The van der Waals surface area contributed by atoms with Crippen molar-refractivity contribution in [3.63, 3.8) is 0 Å². The minimum Gasteiger partial charge on any atom is -0.337 e. The van der Waals surface area contributed by atoms with Gasteiger partial charge >= 0.3 is 4.39 Å². The molecule has 1 rings (SSSR count). The van der Waals surface area contributed by atoms with E-state index >= 15 is 0 Å². The van der Waals surface area contributed by atoms with Crippen LogP contribution >= 0.6 is 34.4 Å². The molecule has 0 N–H and O–H groups in total. The molecule has 1 aromatic heterocycles. The highest BCUT2D eigenvalue weighted by Crippen LogP contribution is 2.20. The van der Waals surface area contributed by atoms with E-state index in [1.807, 2.05) is 21.5 Å². The molecule has 0 amide bonds. The number of hydrogen-bond donors (Lipinski definition) is 0. The summed E-state index contributed by atoms with van der Waals surface area (Å²) in [6.45, 7) is 8.28. The van der Waals surface area contributed by atoms with Gasteiger partial charge in [-0.3, -0.25) is 9.13 Å². The quantitative estimate of drug-likeness (QED) is 0.589. The maximum absolute atomic E-state index is 6.05. The smallest absolute Gasteiger partial charge is 0.337 e. The lowest BCUT2D eigenvalue weighted by Crippen LogP contribution is -2.60. The molecule has 86 valence electrons. The van der Waals surface area contributed by atoms with Crippen LogP contribution in [0.4, 0.5) is 0 Å². The lowest BCUT2D eigenvalue weighted by atomic mass is 10.0. The number of rotatable bonds is 3. The Morgan fingerprint density at radius 1 is 1.20 bits per heavy atom. The molecule has 0 bridgehead atoms. The van der Waals surface area contributed by atoms with Crippen molar-refractivity contribution < 1.29 is 4.57 Å². The molecule has 0 aliphatic carbocycles. The molecule has 0 aromatic carbocycles. The molecule has 0 atom stereocenters. The zero-order chi connectivity index (χ0) is 11.8. The van der Waals surface area contributed by atoms with Gasteiger partial charge in [0.25, 0.3) is 0 Å². The first-order valence-corrected chi connectivity index (χ1v) is 6.38. The van der Waals surface area contributed by atoms with Crippen LogP contribution in [-0.4, -0.2) is 8.96 Å². The molecule has 0 aliphatic rings. The van der Waals surface area contributed by atoms with Crippen LogP contribution in [-0.2, 0) is 0 Å². The first-order chi connectivity index (χ1) is 6.75. The van der Waals surface area contributed by atoms with Crippen LogP contribution in [0.5, 0.6) is 0 Å². The molecule has 1 aromatic rings. The second-order valence-electron chi connectivity index (χ2n) is 4.23. The molecule has 0 spiro atoms. The summed E-state index contributed by atoms with van der Waals surface area (Å²) in [7, 11) is 0. The van der Waals surface area contributed by atoms with Gasteiger partial charge in [-0.1, -0.05) is 0 Å². The van der Waals surface area contributed by atoms with Crippen molar-refractivity contribution >= 4 is 44.5 Å². The Hall–Kier alpha value is 0.145. The molecule has 0 aliphatic heterocycles. The first kappa shape index (κ1) is 13.2. The van der Waals surface area contributed by atoms with Crippen molar-refractivity contribution in [3.05, 3.63) is 12.4 Å². The molecule has 15 heavy (non-hydrogen) atoms. The molecular weight excluding hydrogens is 253 g/mol. The fourth-order valence-electron chi connectivity index (χ4n) is 1.64. The van der Waals surface area contributed by atoms with Crippen LogP contribution in [0.15, 0.2) is 12.4 Å². The summed E-state index contributed by atoms with van der Waals surface area (Å²) in [5.74, 6) is 0. The van der Waals surface area contributed by atoms with Crippen molar-refractivity contribution in [2.75, 3.05) is 0 Å². The SMILES string of the molecule is CC(C)n1cc[n+](C(C)C)c1[B-](Cl)(Cl)Cl. The van der Waals surface area contributed by atoms with Gasteiger partial charge in [0, 0.05) is 0 Å². The minimum atomic E-state index is -2.05. The number of aromatic nitrogens is 2. The number of hydrogen-bond acceptors (Lipinski definition) is 0. The van der Waals surface area contributed by atoms with Crippen molar-refractivity contribution in [1.82, 2.24) is 4.57 Å². The Kier molecular flexibility index (Phi) is 4.02. The summed E-state index contributed by atoms with van der Waals surface area (Å²) >= 11 is 18.2. The molecule has 0 radical (unpaired) electrons. The standard InChI is InChI=1S/C9H16BCl3N2/c1-7(2)14-5-6-15(8(3)4)9(14)10(11,12)13/h5-8H,1-4H3. The van der Waals surface area contributed by atoms with E-state index in [1.54, 1.807) is 0 Å². The van der Waals surface area contributed by atoms with Gasteiger partial charge in [-0.2, -0.15) is 0 Å². The maximum atomic E-state index is 6.05. The number of halogens is 3. The average molecular weight is 269 g/mol. The molecule has 2 nitrogen and oxygen atoms in total. The highest BCUT2D eigenvalue weighted by Gasteiger charge is 2.32. The van der Waals surface area contributed by atoms with E-state index in [1.165, 1.54) is 0 Å². The van der Waals surface area contributed by atoms with Crippen molar-refractivity contribution in [3.8, 4) is 0 Å². The molecular formula is C9H16BCl3N2. The third kappa shape index (κ3) is 2.83. The molecule has 6 heteroatoms. The predicted molar refractivity (Wildman–Crippen MR) is 68.3 cm³/mol. The van der Waals surface area contributed by atoms with Gasteiger partial charge in [0.15, 0.2) is 0 Å². The summed E-state index contributed by atoms with van der Waals surface area (Å²) in [5.41, 5.74) is 0.769. The summed E-state index contributed by atoms with van der Waals surface area (Å²) in [4.78, 5) is 0. The second-order valence-corrected chi connectivity index (χ2v) is 6.87. The van der Waals surface area contributed by atoms with Gasteiger partial charge < -0.3 is 34.4 Å². The maximum Gasteiger partial charge on any atom is 0.359 e. The fraction of sp³-hybridized carbons (Fsp3) is 0.667. The molecule has 0 saturated heterocycles. The molecule has 0 saturated carbocycles. The monoisotopic (exact) mass is 268 g/mol. The van der Waals surface area contributed by atoms with E-state index in [4.69, 9.17) is 34.4 Å². The lowest BCUT2D eigenvalue weighted by molar-refractivity contribution is -0.699. The van der Waals surface area contributed by atoms with Crippen LogP contribution < -0.4 is 10.3 Å². The van der Waals surface area contributed by atoms with E-state index < -0.39 is 4.39 Å². The number of nitrogens with zero attached hydrogens (tertiary/aromatic N) is 2. The lowest BCUT2D eigenvalue weighted by Gasteiger charge is -2.21. The zero-order valence-electron chi connectivity index (χ0n) is 9.42. The van der Waals surface area contributed by atoms with E-state index in [2.05, 4.69) is 27.7 Å². The van der Waals surface area contributed by atoms with E-state index in [0.717, 1.165) is 5.72 Å². The topological polar surface area (TPSA) is 8.81 Å². The largest absolute Gasteiger partial charge is 0.359 e. The normalized spacial score (nSPS) is 12.9. The minimum absolute atomic E-state index is 0.289. The Morgan fingerprint density at radius 3 is 2.07 bits per heavy atom. The van der Waals surface area contributed by atoms with Crippen molar-refractivity contribution in [2.45, 2.75) is 39.8 Å². The summed E-state index contributed by atoms with van der Waals surface area (Å²) in [5, 5.41) is 0. The van der Waals surface area contributed by atoms with Crippen LogP contribution in [0.3, 0.4) is 0 Å². The van der Waals surface area contributed by atoms with E-state index in [9.17, 15) is 0 Å². The third-order valence-electron chi connectivity index (χ3n) is 2.32. The van der Waals surface area contributed by atoms with Crippen LogP contribution in [0, 0.1) is 0 Å². The van der Waals surface area contributed by atoms with E-state index in [-0.39, 0.29) is 12.1 Å².